The number of amides is 2. The van der Waals surface area contributed by atoms with E-state index in [-0.39, 0.29) is 24.9 Å². The van der Waals surface area contributed by atoms with Crippen LogP contribution in [-0.4, -0.2) is 34.1 Å². The standard InChI is InChI=1S/C13H19N5O2/c1-7-8(2)16-17-11(9(7)5-14)18-6-10(19)15-12(20)13(18,3)4/h5-6,14H2,1-4H3,(H,15,19,20). The molecule has 0 aliphatic carbocycles. The first-order valence-corrected chi connectivity index (χ1v) is 6.43. The summed E-state index contributed by atoms with van der Waals surface area (Å²) in [5.74, 6) is -0.196. The second-order valence-corrected chi connectivity index (χ2v) is 5.44. The third kappa shape index (κ3) is 2.14. The van der Waals surface area contributed by atoms with Crippen LogP contribution < -0.4 is 16.0 Å². The van der Waals surface area contributed by atoms with Crippen molar-refractivity contribution < 1.29 is 9.59 Å². The molecule has 1 aliphatic rings. The molecule has 7 heteroatoms. The van der Waals surface area contributed by atoms with Gasteiger partial charge in [-0.3, -0.25) is 14.9 Å². The molecule has 1 fully saturated rings. The van der Waals surface area contributed by atoms with Crippen molar-refractivity contribution >= 4 is 17.6 Å². The van der Waals surface area contributed by atoms with Crippen LogP contribution in [0.5, 0.6) is 0 Å². The molecule has 0 unspecified atom stereocenters. The number of carbonyl (C=O) groups excluding carboxylic acids is 2. The molecule has 1 aromatic heterocycles. The molecule has 2 heterocycles. The van der Waals surface area contributed by atoms with Crippen LogP contribution in [0.25, 0.3) is 0 Å². The first-order valence-electron chi connectivity index (χ1n) is 6.43. The van der Waals surface area contributed by atoms with Crippen LogP contribution in [0.4, 0.5) is 5.82 Å². The topological polar surface area (TPSA) is 101 Å². The van der Waals surface area contributed by atoms with Crippen LogP contribution in [0.1, 0.15) is 30.7 Å². The van der Waals surface area contributed by atoms with E-state index in [2.05, 4.69) is 15.5 Å². The highest BCUT2D eigenvalue weighted by atomic mass is 16.2. The van der Waals surface area contributed by atoms with Crippen molar-refractivity contribution in [3.05, 3.63) is 16.8 Å². The van der Waals surface area contributed by atoms with Gasteiger partial charge in [-0.2, -0.15) is 5.10 Å². The van der Waals surface area contributed by atoms with Gasteiger partial charge in [0.05, 0.1) is 12.2 Å². The van der Waals surface area contributed by atoms with Gasteiger partial charge in [-0.25, -0.2) is 0 Å². The average Bonchev–Trinajstić information content (AvgIpc) is 2.37. The van der Waals surface area contributed by atoms with Crippen molar-refractivity contribution in [2.45, 2.75) is 39.8 Å². The molecule has 0 saturated carbocycles. The quantitative estimate of drug-likeness (QED) is 0.726. The van der Waals surface area contributed by atoms with Gasteiger partial charge in [-0.1, -0.05) is 0 Å². The molecule has 2 amide bonds. The number of rotatable bonds is 2. The number of carbonyl (C=O) groups is 2. The predicted octanol–water partition coefficient (Wildman–Crippen LogP) is -0.206. The maximum atomic E-state index is 12.0. The summed E-state index contributed by atoms with van der Waals surface area (Å²) in [6.45, 7) is 7.58. The maximum Gasteiger partial charge on any atom is 0.251 e. The Labute approximate surface area is 117 Å². The van der Waals surface area contributed by atoms with E-state index in [1.54, 1.807) is 18.7 Å². The normalized spacial score (nSPS) is 18.1. The van der Waals surface area contributed by atoms with Gasteiger partial charge in [0.1, 0.15) is 5.54 Å². The van der Waals surface area contributed by atoms with Crippen molar-refractivity contribution in [2.75, 3.05) is 11.4 Å². The summed E-state index contributed by atoms with van der Waals surface area (Å²) in [6.07, 6.45) is 0. The Morgan fingerprint density at radius 1 is 1.30 bits per heavy atom. The van der Waals surface area contributed by atoms with Crippen LogP contribution in [0.2, 0.25) is 0 Å². The molecule has 1 aromatic rings. The second kappa shape index (κ2) is 4.82. The molecule has 1 aliphatic heterocycles. The average molecular weight is 277 g/mol. The van der Waals surface area contributed by atoms with Gasteiger partial charge in [0.2, 0.25) is 5.91 Å². The number of hydrogen-bond acceptors (Lipinski definition) is 6. The van der Waals surface area contributed by atoms with Gasteiger partial charge < -0.3 is 10.6 Å². The fourth-order valence-electron chi connectivity index (χ4n) is 2.23. The van der Waals surface area contributed by atoms with Crippen LogP contribution in [0.15, 0.2) is 0 Å². The van der Waals surface area contributed by atoms with E-state index in [0.717, 1.165) is 16.8 Å². The summed E-state index contributed by atoms with van der Waals surface area (Å²) in [6, 6.07) is 0. The largest absolute Gasteiger partial charge is 0.331 e. The van der Waals surface area contributed by atoms with Crippen LogP contribution in [0, 0.1) is 13.8 Å². The molecular formula is C13H19N5O2. The number of aryl methyl sites for hydroxylation is 1. The Balaban J connectivity index is 2.57. The van der Waals surface area contributed by atoms with Crippen molar-refractivity contribution in [3.63, 3.8) is 0 Å². The molecule has 1 saturated heterocycles. The molecular weight excluding hydrogens is 258 g/mol. The zero-order chi connectivity index (χ0) is 15.1. The summed E-state index contributed by atoms with van der Waals surface area (Å²) in [5.41, 5.74) is 7.47. The lowest BCUT2D eigenvalue weighted by Crippen LogP contribution is -2.64. The Hall–Kier alpha value is -2.02. The Morgan fingerprint density at radius 2 is 1.95 bits per heavy atom. The minimum absolute atomic E-state index is 0.0585. The lowest BCUT2D eigenvalue weighted by Gasteiger charge is -2.41. The van der Waals surface area contributed by atoms with Gasteiger partial charge in [0, 0.05) is 12.1 Å². The molecule has 3 N–H and O–H groups in total. The summed E-state index contributed by atoms with van der Waals surface area (Å²) in [4.78, 5) is 25.3. The van der Waals surface area contributed by atoms with E-state index in [9.17, 15) is 9.59 Å². The monoisotopic (exact) mass is 277 g/mol. The van der Waals surface area contributed by atoms with E-state index >= 15 is 0 Å². The summed E-state index contributed by atoms with van der Waals surface area (Å²) < 4.78 is 0. The number of nitrogens with one attached hydrogen (secondary N) is 1. The molecule has 108 valence electrons. The fraction of sp³-hybridized carbons (Fsp3) is 0.538. The summed E-state index contributed by atoms with van der Waals surface area (Å²) >= 11 is 0. The number of piperazine rings is 1. The third-order valence-corrected chi connectivity index (χ3v) is 3.80. The van der Waals surface area contributed by atoms with Gasteiger partial charge in [-0.15, -0.1) is 5.10 Å². The molecule has 0 spiro atoms. The first-order chi connectivity index (χ1) is 9.28. The summed E-state index contributed by atoms with van der Waals surface area (Å²) in [5, 5.41) is 10.6. The molecule has 0 aromatic carbocycles. The minimum Gasteiger partial charge on any atom is -0.331 e. The van der Waals surface area contributed by atoms with Gasteiger partial charge >= 0.3 is 0 Å². The first kappa shape index (κ1) is 14.4. The predicted molar refractivity (Wildman–Crippen MR) is 74.0 cm³/mol. The summed E-state index contributed by atoms with van der Waals surface area (Å²) in [7, 11) is 0. The van der Waals surface area contributed by atoms with Crippen molar-refractivity contribution in [2.24, 2.45) is 5.73 Å². The highest BCUT2D eigenvalue weighted by Crippen LogP contribution is 2.29. The molecule has 0 atom stereocenters. The Bertz CT molecular complexity index is 582. The lowest BCUT2D eigenvalue weighted by molar-refractivity contribution is -0.135. The van der Waals surface area contributed by atoms with E-state index < -0.39 is 5.54 Å². The van der Waals surface area contributed by atoms with E-state index in [0.29, 0.717) is 5.82 Å². The van der Waals surface area contributed by atoms with E-state index in [1.807, 2.05) is 13.8 Å². The minimum atomic E-state index is -0.881. The number of aromatic nitrogens is 2. The number of hydrogen-bond donors (Lipinski definition) is 2. The number of nitrogens with two attached hydrogens (primary N) is 1. The van der Waals surface area contributed by atoms with Gasteiger partial charge in [0.25, 0.3) is 5.91 Å². The number of nitrogens with zero attached hydrogens (tertiary/aromatic N) is 3. The van der Waals surface area contributed by atoms with Crippen molar-refractivity contribution in [1.29, 1.82) is 0 Å². The van der Waals surface area contributed by atoms with Crippen LogP contribution >= 0.6 is 0 Å². The smallest absolute Gasteiger partial charge is 0.251 e. The van der Waals surface area contributed by atoms with Gasteiger partial charge in [-0.05, 0) is 33.3 Å². The highest BCUT2D eigenvalue weighted by molar-refractivity contribution is 6.06. The SMILES string of the molecule is Cc1nnc(N2CC(=O)NC(=O)C2(C)C)c(CN)c1C. The fourth-order valence-corrected chi connectivity index (χ4v) is 2.23. The molecule has 2 rings (SSSR count). The van der Waals surface area contributed by atoms with Crippen LogP contribution in [0.3, 0.4) is 0 Å². The number of imide groups is 1. The van der Waals surface area contributed by atoms with Crippen molar-refractivity contribution in [1.82, 2.24) is 15.5 Å². The Morgan fingerprint density at radius 3 is 2.55 bits per heavy atom. The maximum absolute atomic E-state index is 12.0. The lowest BCUT2D eigenvalue weighted by atomic mass is 9.97. The second-order valence-electron chi connectivity index (χ2n) is 5.44. The third-order valence-electron chi connectivity index (χ3n) is 3.80. The zero-order valence-corrected chi connectivity index (χ0v) is 12.1. The molecule has 20 heavy (non-hydrogen) atoms. The number of anilines is 1. The van der Waals surface area contributed by atoms with Gasteiger partial charge in [0.15, 0.2) is 5.82 Å². The Kier molecular flexibility index (Phi) is 3.47. The molecule has 0 bridgehead atoms. The van der Waals surface area contributed by atoms with Crippen LogP contribution in [-0.2, 0) is 16.1 Å². The van der Waals surface area contributed by atoms with Crippen molar-refractivity contribution in [3.8, 4) is 0 Å². The molecule has 7 nitrogen and oxygen atoms in total. The highest BCUT2D eigenvalue weighted by Gasteiger charge is 2.42. The van der Waals surface area contributed by atoms with E-state index in [1.165, 1.54) is 0 Å². The van der Waals surface area contributed by atoms with E-state index in [4.69, 9.17) is 5.73 Å². The molecule has 0 radical (unpaired) electrons. The zero-order valence-electron chi connectivity index (χ0n) is 12.1.